The van der Waals surface area contributed by atoms with Gasteiger partial charge in [-0.05, 0) is 86.2 Å². The Labute approximate surface area is 237 Å². The first-order chi connectivity index (χ1) is 18.6. The van der Waals surface area contributed by atoms with Crippen molar-refractivity contribution < 1.29 is 33.3 Å². The van der Waals surface area contributed by atoms with Gasteiger partial charge in [0, 0.05) is 22.2 Å². The lowest BCUT2D eigenvalue weighted by Crippen LogP contribution is -2.49. The van der Waals surface area contributed by atoms with E-state index in [2.05, 4.69) is 16.1 Å². The molecular formula is C29H33Cl2F2NO5. The van der Waals surface area contributed by atoms with Crippen LogP contribution in [0.5, 0.6) is 5.75 Å². The minimum absolute atomic E-state index is 0.0345. The van der Waals surface area contributed by atoms with Crippen LogP contribution in [0, 0.1) is 6.92 Å². The van der Waals surface area contributed by atoms with Crippen LogP contribution in [0.2, 0.25) is 10.0 Å². The largest absolute Gasteiger partial charge is 0.480 e. The normalized spacial score (nSPS) is 12.8. The topological polar surface area (TPSA) is 95.9 Å². The molecule has 0 aromatic heterocycles. The highest BCUT2D eigenvalue weighted by atomic mass is 35.5. The molecule has 3 aromatic carbocycles. The number of benzene rings is 3. The average molecular weight is 584 g/mol. The Hall–Kier alpha value is -3.04. The summed E-state index contributed by atoms with van der Waals surface area (Å²) in [5, 5.41) is 20.9. The number of halogens is 4. The molecule has 0 spiro atoms. The molecule has 0 aliphatic heterocycles. The molecule has 1 aliphatic rings. The van der Waals surface area contributed by atoms with Crippen LogP contribution in [0.25, 0.3) is 11.1 Å². The third kappa shape index (κ3) is 11.7. The number of aliphatic hydroxyl groups excluding tert-OH is 1. The Kier molecular flexibility index (Phi) is 15.3. The molecule has 0 saturated heterocycles. The Morgan fingerprint density at radius 2 is 1.59 bits per heavy atom. The Morgan fingerprint density at radius 3 is 2.05 bits per heavy atom. The van der Waals surface area contributed by atoms with Crippen LogP contribution >= 0.6 is 23.2 Å². The van der Waals surface area contributed by atoms with Crippen molar-refractivity contribution >= 4 is 36.0 Å². The molecule has 0 atom stereocenters. The summed E-state index contributed by atoms with van der Waals surface area (Å²) in [6.07, 6.45) is 2.99. The number of alkyl halides is 2. The summed E-state index contributed by atoms with van der Waals surface area (Å²) < 4.78 is 27.3. The minimum Gasteiger partial charge on any atom is -0.480 e. The zero-order valence-electron chi connectivity index (χ0n) is 21.8. The second kappa shape index (κ2) is 17.5. The van der Waals surface area contributed by atoms with E-state index >= 15 is 0 Å². The SMILES string of the molecule is C=O.CCO.Cc1ccc(OC(F)F)cc1.O=C(O)CNC1(c2cccc(-c3cc(Cl)cc(Cl)c3)c2)CCC1. The van der Waals surface area contributed by atoms with Gasteiger partial charge in [-0.25, -0.2) is 0 Å². The zero-order chi connectivity index (χ0) is 29.4. The van der Waals surface area contributed by atoms with Gasteiger partial charge >= 0.3 is 12.6 Å². The monoisotopic (exact) mass is 583 g/mol. The first-order valence-electron chi connectivity index (χ1n) is 12.0. The van der Waals surface area contributed by atoms with Crippen LogP contribution < -0.4 is 10.1 Å². The molecule has 6 nitrogen and oxygen atoms in total. The molecule has 0 amide bonds. The van der Waals surface area contributed by atoms with Gasteiger partial charge in [0.05, 0.1) is 6.54 Å². The lowest BCUT2D eigenvalue weighted by atomic mass is 9.71. The van der Waals surface area contributed by atoms with E-state index < -0.39 is 12.6 Å². The average Bonchev–Trinajstić information content (AvgIpc) is 2.86. The van der Waals surface area contributed by atoms with Gasteiger partial charge in [-0.1, -0.05) is 59.1 Å². The molecule has 3 N–H and O–H groups in total. The summed E-state index contributed by atoms with van der Waals surface area (Å²) in [5.74, 6) is -0.639. The van der Waals surface area contributed by atoms with Crippen LogP contribution in [0.3, 0.4) is 0 Å². The number of aliphatic carboxylic acids is 1. The molecule has 10 heteroatoms. The van der Waals surface area contributed by atoms with Gasteiger partial charge in [0.25, 0.3) is 0 Å². The first kappa shape index (κ1) is 34.0. The number of carboxylic acids is 1. The predicted molar refractivity (Wildman–Crippen MR) is 151 cm³/mol. The van der Waals surface area contributed by atoms with E-state index in [0.29, 0.717) is 10.0 Å². The molecule has 1 fully saturated rings. The number of hydrogen-bond donors (Lipinski definition) is 3. The van der Waals surface area contributed by atoms with Crippen LogP contribution in [0.4, 0.5) is 8.78 Å². The highest BCUT2D eigenvalue weighted by molar-refractivity contribution is 6.35. The number of aryl methyl sites for hydroxylation is 1. The van der Waals surface area contributed by atoms with E-state index in [1.54, 1.807) is 25.1 Å². The molecule has 3 aromatic rings. The van der Waals surface area contributed by atoms with E-state index in [1.807, 2.05) is 44.0 Å². The van der Waals surface area contributed by atoms with Crippen LogP contribution in [0.1, 0.15) is 37.3 Å². The van der Waals surface area contributed by atoms with Gasteiger partial charge < -0.3 is 19.7 Å². The van der Waals surface area contributed by atoms with Crippen LogP contribution in [-0.4, -0.2) is 42.7 Å². The molecule has 39 heavy (non-hydrogen) atoms. The molecule has 0 unspecified atom stereocenters. The van der Waals surface area contributed by atoms with Crippen molar-refractivity contribution in [3.05, 3.63) is 87.9 Å². The molecule has 1 saturated carbocycles. The summed E-state index contributed by atoms with van der Waals surface area (Å²) in [6, 6.07) is 20.1. The second-order valence-electron chi connectivity index (χ2n) is 8.43. The Morgan fingerprint density at radius 1 is 1.03 bits per heavy atom. The Bertz CT molecular complexity index is 1140. The number of carbonyl (C=O) groups excluding carboxylic acids is 1. The van der Waals surface area contributed by atoms with Crippen molar-refractivity contribution in [3.63, 3.8) is 0 Å². The molecular weight excluding hydrogens is 551 g/mol. The standard InChI is InChI=1S/C18H17Cl2NO2.C8H8F2O.C2H6O.CH2O/c19-15-8-13(9-16(20)10-15)12-3-1-4-14(7-12)18(5-2-6-18)21-11-17(22)23;1-6-2-4-7(5-3-6)11-8(9)10;1-2-3;1-2/h1,3-4,7-10,21H,2,5-6,11H2,(H,22,23);2-5,8H,1H3;3H,2H2,1H3;1H2. The third-order valence-corrected chi connectivity index (χ3v) is 6.08. The smallest absolute Gasteiger partial charge is 0.387 e. The Balaban J connectivity index is 0.000000397. The predicted octanol–water partition coefficient (Wildman–Crippen LogP) is 7.12. The molecule has 212 valence electrons. The molecule has 4 rings (SSSR count). The van der Waals surface area contributed by atoms with E-state index in [9.17, 15) is 13.6 Å². The van der Waals surface area contributed by atoms with Crippen molar-refractivity contribution in [2.75, 3.05) is 13.2 Å². The number of aliphatic hydroxyl groups is 1. The summed E-state index contributed by atoms with van der Waals surface area (Å²) in [5.41, 5.74) is 3.87. The maximum Gasteiger partial charge on any atom is 0.387 e. The molecule has 0 heterocycles. The van der Waals surface area contributed by atoms with Gasteiger partial charge in [-0.2, -0.15) is 8.78 Å². The zero-order valence-corrected chi connectivity index (χ0v) is 23.3. The van der Waals surface area contributed by atoms with Crippen molar-refractivity contribution in [2.45, 2.75) is 45.3 Å². The van der Waals surface area contributed by atoms with E-state index in [-0.39, 0.29) is 24.4 Å². The molecule has 1 aliphatic carbocycles. The quantitative estimate of drug-likeness (QED) is 0.274. The van der Waals surface area contributed by atoms with Crippen LogP contribution in [0.15, 0.2) is 66.7 Å². The van der Waals surface area contributed by atoms with Crippen molar-refractivity contribution in [3.8, 4) is 16.9 Å². The van der Waals surface area contributed by atoms with Crippen molar-refractivity contribution in [2.24, 2.45) is 0 Å². The first-order valence-corrected chi connectivity index (χ1v) is 12.8. The van der Waals surface area contributed by atoms with E-state index in [4.69, 9.17) is 38.2 Å². The van der Waals surface area contributed by atoms with Gasteiger partial charge in [0.15, 0.2) is 0 Å². The van der Waals surface area contributed by atoms with Crippen LogP contribution in [-0.2, 0) is 15.1 Å². The molecule has 0 radical (unpaired) electrons. The van der Waals surface area contributed by atoms with Gasteiger partial charge in [-0.15, -0.1) is 0 Å². The maximum absolute atomic E-state index is 11.6. The van der Waals surface area contributed by atoms with Gasteiger partial charge in [0.2, 0.25) is 0 Å². The summed E-state index contributed by atoms with van der Waals surface area (Å²) >= 11 is 12.2. The summed E-state index contributed by atoms with van der Waals surface area (Å²) in [4.78, 5) is 18.9. The second-order valence-corrected chi connectivity index (χ2v) is 9.30. The van der Waals surface area contributed by atoms with Crippen molar-refractivity contribution in [1.82, 2.24) is 5.32 Å². The number of ether oxygens (including phenoxy) is 1. The maximum atomic E-state index is 11.6. The van der Waals surface area contributed by atoms with Crippen molar-refractivity contribution in [1.29, 1.82) is 0 Å². The highest BCUT2D eigenvalue weighted by Crippen LogP contribution is 2.42. The van der Waals surface area contributed by atoms with E-state index in [0.717, 1.165) is 41.5 Å². The number of hydrogen-bond acceptors (Lipinski definition) is 5. The van der Waals surface area contributed by atoms with Gasteiger partial charge in [-0.3, -0.25) is 10.1 Å². The van der Waals surface area contributed by atoms with E-state index in [1.165, 1.54) is 12.1 Å². The summed E-state index contributed by atoms with van der Waals surface area (Å²) in [6.45, 7) is 3.04. The fourth-order valence-corrected chi connectivity index (χ4v) is 4.31. The lowest BCUT2D eigenvalue weighted by Gasteiger charge is -2.43. The molecule has 0 bridgehead atoms. The number of nitrogens with one attached hydrogen (secondary N) is 1. The summed E-state index contributed by atoms with van der Waals surface area (Å²) in [7, 11) is 0. The minimum atomic E-state index is -2.74. The van der Waals surface area contributed by atoms with Gasteiger partial charge in [0.1, 0.15) is 12.5 Å². The number of rotatable bonds is 7. The number of carboxylic acid groups (broad SMARTS) is 1. The third-order valence-electron chi connectivity index (χ3n) is 5.64. The highest BCUT2D eigenvalue weighted by Gasteiger charge is 2.38. The lowest BCUT2D eigenvalue weighted by molar-refractivity contribution is -0.136. The fourth-order valence-electron chi connectivity index (χ4n) is 3.78. The number of carbonyl (C=O) groups is 2. The fraction of sp³-hybridized carbons (Fsp3) is 0.310.